The van der Waals surface area contributed by atoms with Crippen LogP contribution < -0.4 is 0 Å². The van der Waals surface area contributed by atoms with Crippen LogP contribution in [0.2, 0.25) is 0 Å². The van der Waals surface area contributed by atoms with E-state index in [-0.39, 0.29) is 0 Å². The van der Waals surface area contributed by atoms with Gasteiger partial charge in [-0.2, -0.15) is 0 Å². The number of rotatable bonds is 0. The van der Waals surface area contributed by atoms with Gasteiger partial charge in [0.2, 0.25) is 0 Å². The molecule has 0 aromatic heterocycles. The molecule has 0 saturated heterocycles. The molecule has 0 unspecified atom stereocenters. The molecule has 0 amide bonds. The van der Waals surface area contributed by atoms with Crippen molar-refractivity contribution in [3.8, 4) is 0 Å². The summed E-state index contributed by atoms with van der Waals surface area (Å²) in [4.78, 5) is 0. The zero-order valence-electron chi connectivity index (χ0n) is 7.98. The van der Waals surface area contributed by atoms with E-state index >= 15 is 0 Å². The summed E-state index contributed by atoms with van der Waals surface area (Å²) >= 11 is 0. The summed E-state index contributed by atoms with van der Waals surface area (Å²) in [5.41, 5.74) is 4.18. The van der Waals surface area contributed by atoms with Crippen molar-refractivity contribution in [2.24, 2.45) is 0 Å². The number of fused-ring (bicyclic) bond motifs is 5. The van der Waals surface area contributed by atoms with Crippen LogP contribution in [-0.2, 0) is 0 Å². The van der Waals surface area contributed by atoms with Crippen LogP contribution in [-0.4, -0.2) is 0 Å². The Labute approximate surface area is 84.3 Å². The minimum atomic E-state index is 0.436. The summed E-state index contributed by atoms with van der Waals surface area (Å²) in [5, 5.41) is 0. The molecule has 2 bridgehead atoms. The fourth-order valence-corrected chi connectivity index (χ4v) is 2.48. The monoisotopic (exact) mass is 180 g/mol. The Bertz CT molecular complexity index is 408. The molecule has 1 aromatic rings. The van der Waals surface area contributed by atoms with Crippen molar-refractivity contribution in [1.29, 1.82) is 0 Å². The van der Waals surface area contributed by atoms with Crippen molar-refractivity contribution in [2.75, 3.05) is 0 Å². The Morgan fingerprint density at radius 2 is 1.36 bits per heavy atom. The van der Waals surface area contributed by atoms with Crippen LogP contribution in [0.25, 0.3) is 0 Å². The van der Waals surface area contributed by atoms with Crippen molar-refractivity contribution in [3.05, 3.63) is 71.8 Å². The van der Waals surface area contributed by atoms with E-state index in [0.29, 0.717) is 11.8 Å². The minimum Gasteiger partial charge on any atom is -0.0980 e. The summed E-state index contributed by atoms with van der Waals surface area (Å²) in [5.74, 6) is 0.873. The molecule has 14 heavy (non-hydrogen) atoms. The van der Waals surface area contributed by atoms with Crippen LogP contribution in [0, 0.1) is 0 Å². The third-order valence-corrected chi connectivity index (χ3v) is 3.18. The van der Waals surface area contributed by atoms with Crippen LogP contribution >= 0.6 is 0 Å². The van der Waals surface area contributed by atoms with E-state index in [2.05, 4.69) is 55.1 Å². The maximum Gasteiger partial charge on any atom is 0.0241 e. The van der Waals surface area contributed by atoms with Gasteiger partial charge in [0.1, 0.15) is 0 Å². The van der Waals surface area contributed by atoms with Crippen LogP contribution in [0.15, 0.2) is 60.7 Å². The summed E-state index contributed by atoms with van der Waals surface area (Å²) in [6.07, 6.45) is 8.74. The lowest BCUT2D eigenvalue weighted by molar-refractivity contribution is 0.980. The van der Waals surface area contributed by atoms with Gasteiger partial charge in [-0.15, -0.1) is 0 Å². The van der Waals surface area contributed by atoms with E-state index in [1.807, 2.05) is 0 Å². The third-order valence-electron chi connectivity index (χ3n) is 3.18. The van der Waals surface area contributed by atoms with Crippen LogP contribution in [0.4, 0.5) is 0 Å². The van der Waals surface area contributed by atoms with E-state index in [1.165, 1.54) is 16.7 Å². The molecule has 0 nitrogen and oxygen atoms in total. The van der Waals surface area contributed by atoms with Crippen LogP contribution in [0.1, 0.15) is 23.0 Å². The molecule has 0 aliphatic heterocycles. The summed E-state index contributed by atoms with van der Waals surface area (Å²) in [7, 11) is 0. The molecule has 2 atom stereocenters. The number of hydrogen-bond donors (Lipinski definition) is 0. The van der Waals surface area contributed by atoms with E-state index in [0.717, 1.165) is 0 Å². The number of hydrogen-bond acceptors (Lipinski definition) is 0. The zero-order chi connectivity index (χ0) is 9.54. The van der Waals surface area contributed by atoms with Crippen molar-refractivity contribution in [1.82, 2.24) is 0 Å². The quantitative estimate of drug-likeness (QED) is 0.535. The van der Waals surface area contributed by atoms with Gasteiger partial charge >= 0.3 is 0 Å². The van der Waals surface area contributed by atoms with E-state index in [4.69, 9.17) is 0 Å². The third kappa shape index (κ3) is 0.884. The lowest BCUT2D eigenvalue weighted by Crippen LogP contribution is -1.91. The average Bonchev–Trinajstić information content (AvgIpc) is 2.33. The van der Waals surface area contributed by atoms with Crippen LogP contribution in [0.3, 0.4) is 0 Å². The Kier molecular flexibility index (Phi) is 1.51. The van der Waals surface area contributed by atoms with Crippen LogP contribution in [0.5, 0.6) is 0 Å². The molecule has 68 valence electrons. The van der Waals surface area contributed by atoms with Gasteiger partial charge < -0.3 is 0 Å². The topological polar surface area (TPSA) is 0 Å². The summed E-state index contributed by atoms with van der Waals surface area (Å²) in [6.45, 7) is 4.21. The van der Waals surface area contributed by atoms with E-state index in [1.54, 1.807) is 0 Å². The lowest BCUT2D eigenvalue weighted by atomic mass is 9.97. The van der Waals surface area contributed by atoms with Gasteiger partial charge in [-0.3, -0.25) is 0 Å². The second-order valence-electron chi connectivity index (χ2n) is 3.93. The molecular formula is C14H12. The molecule has 3 rings (SSSR count). The predicted octanol–water partition coefficient (Wildman–Crippen LogP) is 3.55. The van der Waals surface area contributed by atoms with Crippen molar-refractivity contribution in [2.45, 2.75) is 11.8 Å². The fraction of sp³-hybridized carbons (Fsp3) is 0.143. The Balaban J connectivity index is 2.29. The highest BCUT2D eigenvalue weighted by molar-refractivity contribution is 5.56. The first-order valence-electron chi connectivity index (χ1n) is 5.00. The molecule has 0 radical (unpaired) electrons. The van der Waals surface area contributed by atoms with Gasteiger partial charge in [0.25, 0.3) is 0 Å². The molecule has 0 spiro atoms. The maximum atomic E-state index is 4.21. The molecule has 0 saturated carbocycles. The normalized spacial score (nSPS) is 27.6. The number of benzene rings is 1. The molecular weight excluding hydrogens is 168 g/mol. The van der Waals surface area contributed by atoms with Crippen molar-refractivity contribution < 1.29 is 0 Å². The molecule has 0 N–H and O–H groups in total. The van der Waals surface area contributed by atoms with Gasteiger partial charge in [0, 0.05) is 11.8 Å². The fourth-order valence-electron chi connectivity index (χ4n) is 2.48. The zero-order valence-corrected chi connectivity index (χ0v) is 7.98. The van der Waals surface area contributed by atoms with Gasteiger partial charge in [0.15, 0.2) is 0 Å². The van der Waals surface area contributed by atoms with Crippen molar-refractivity contribution in [3.63, 3.8) is 0 Å². The predicted molar refractivity (Wildman–Crippen MR) is 59.3 cm³/mol. The van der Waals surface area contributed by atoms with Gasteiger partial charge in [-0.25, -0.2) is 0 Å². The first kappa shape index (κ1) is 7.81. The second kappa shape index (κ2) is 2.71. The van der Waals surface area contributed by atoms with E-state index in [9.17, 15) is 0 Å². The standard InChI is InChI=1S/C14H12/c1-10-11-6-2-3-7-12(10)14-9-5-4-8-13(11)14/h2-9,11-12H,1H2/t11-,12+. The van der Waals surface area contributed by atoms with Gasteiger partial charge in [0.05, 0.1) is 0 Å². The first-order chi connectivity index (χ1) is 6.88. The Morgan fingerprint density at radius 3 is 1.86 bits per heavy atom. The minimum absolute atomic E-state index is 0.436. The smallest absolute Gasteiger partial charge is 0.0241 e. The molecule has 2 aliphatic rings. The first-order valence-corrected chi connectivity index (χ1v) is 5.00. The lowest BCUT2D eigenvalue weighted by Gasteiger charge is -2.06. The second-order valence-corrected chi connectivity index (χ2v) is 3.93. The average molecular weight is 180 g/mol. The van der Waals surface area contributed by atoms with E-state index < -0.39 is 0 Å². The van der Waals surface area contributed by atoms with Crippen molar-refractivity contribution >= 4 is 0 Å². The largest absolute Gasteiger partial charge is 0.0980 e. The SMILES string of the molecule is C=C1[C@H]2C=CC=C[C@@H]1c1ccccc12. The Morgan fingerprint density at radius 1 is 0.857 bits per heavy atom. The molecule has 0 heteroatoms. The molecule has 0 heterocycles. The Hall–Kier alpha value is -1.56. The maximum absolute atomic E-state index is 4.21. The highest BCUT2D eigenvalue weighted by Gasteiger charge is 2.31. The molecule has 1 aromatic carbocycles. The van der Waals surface area contributed by atoms with Gasteiger partial charge in [-0.05, 0) is 11.1 Å². The molecule has 0 fully saturated rings. The highest BCUT2D eigenvalue weighted by atomic mass is 14.3. The van der Waals surface area contributed by atoms with Gasteiger partial charge in [-0.1, -0.05) is 60.7 Å². The summed E-state index contributed by atoms with van der Waals surface area (Å²) in [6, 6.07) is 8.66. The number of allylic oxidation sites excluding steroid dienone is 5. The molecule has 2 aliphatic carbocycles. The summed E-state index contributed by atoms with van der Waals surface area (Å²) < 4.78 is 0. The highest BCUT2D eigenvalue weighted by Crippen LogP contribution is 2.47.